The maximum absolute atomic E-state index is 5.43. The lowest BCUT2D eigenvalue weighted by molar-refractivity contribution is -1.02. The summed E-state index contributed by atoms with van der Waals surface area (Å²) in [4.78, 5) is 7.83. The molecular formula is C18H26N6O2+2. The molecule has 8 nitrogen and oxygen atoms in total. The summed E-state index contributed by atoms with van der Waals surface area (Å²) in [6, 6.07) is 3.80. The number of aromatic nitrogens is 4. The lowest BCUT2D eigenvalue weighted by atomic mass is 10.2. The van der Waals surface area contributed by atoms with Gasteiger partial charge in [-0.05, 0) is 13.0 Å². The van der Waals surface area contributed by atoms with Crippen LogP contribution in [0.4, 0.5) is 0 Å². The second-order valence-electron chi connectivity index (χ2n) is 6.81. The molecule has 3 aromatic rings. The monoisotopic (exact) mass is 358 g/mol. The van der Waals surface area contributed by atoms with Crippen molar-refractivity contribution < 1.29 is 19.3 Å². The van der Waals surface area contributed by atoms with Crippen LogP contribution in [0.2, 0.25) is 0 Å². The Labute approximate surface area is 152 Å². The normalized spacial score (nSPS) is 20.6. The molecule has 2 aromatic heterocycles. The van der Waals surface area contributed by atoms with E-state index in [1.807, 2.05) is 22.9 Å². The largest absolute Gasteiger partial charge is 0.493 e. The molecule has 2 N–H and O–H groups in total. The molecule has 0 radical (unpaired) electrons. The van der Waals surface area contributed by atoms with Crippen molar-refractivity contribution in [1.82, 2.24) is 19.6 Å². The fraction of sp³-hybridized carbons (Fsp3) is 0.500. The van der Waals surface area contributed by atoms with E-state index in [2.05, 4.69) is 22.1 Å². The van der Waals surface area contributed by atoms with Crippen molar-refractivity contribution in [3.8, 4) is 11.5 Å². The Bertz CT molecular complexity index is 917. The first-order valence-corrected chi connectivity index (χ1v) is 9.15. The summed E-state index contributed by atoms with van der Waals surface area (Å²) in [5.41, 5.74) is 1.63. The molecule has 0 unspecified atom stereocenters. The standard InChI is InChI=1S/C18H24N6O2/c1-4-22-5-7-23(8-6-22)11-17-20-21-18-13-9-15(25-2)16(26-3)10-14(13)19-12-24(17)18/h9-10,12H,4-8,11H2,1-3H3/p+2. The lowest BCUT2D eigenvalue weighted by Crippen LogP contribution is -3.27. The van der Waals surface area contributed by atoms with E-state index in [1.54, 1.807) is 24.0 Å². The molecule has 138 valence electrons. The van der Waals surface area contributed by atoms with Gasteiger partial charge < -0.3 is 19.3 Å². The summed E-state index contributed by atoms with van der Waals surface area (Å²) in [5, 5.41) is 9.80. The number of methoxy groups -OCH3 is 2. The van der Waals surface area contributed by atoms with E-state index in [4.69, 9.17) is 9.47 Å². The van der Waals surface area contributed by atoms with E-state index in [0.29, 0.717) is 11.5 Å². The van der Waals surface area contributed by atoms with Crippen LogP contribution in [0.5, 0.6) is 11.5 Å². The third kappa shape index (κ3) is 2.95. The second kappa shape index (κ2) is 7.05. The predicted octanol–water partition coefficient (Wildman–Crippen LogP) is -1.40. The molecule has 26 heavy (non-hydrogen) atoms. The first kappa shape index (κ1) is 17.0. The molecule has 8 heteroatoms. The Hall–Kier alpha value is -2.45. The molecule has 1 saturated heterocycles. The van der Waals surface area contributed by atoms with Gasteiger partial charge in [0.15, 0.2) is 23.0 Å². The number of fused-ring (bicyclic) bond motifs is 3. The van der Waals surface area contributed by atoms with E-state index in [9.17, 15) is 0 Å². The number of hydrogen-bond acceptors (Lipinski definition) is 5. The summed E-state index contributed by atoms with van der Waals surface area (Å²) < 4.78 is 12.8. The maximum Gasteiger partial charge on any atom is 0.193 e. The minimum absolute atomic E-state index is 0.664. The Morgan fingerprint density at radius 3 is 2.38 bits per heavy atom. The van der Waals surface area contributed by atoms with E-state index in [1.165, 1.54) is 32.7 Å². The highest BCUT2D eigenvalue weighted by Crippen LogP contribution is 2.32. The molecular weight excluding hydrogens is 332 g/mol. The highest BCUT2D eigenvalue weighted by molar-refractivity contribution is 5.93. The van der Waals surface area contributed by atoms with Gasteiger partial charge in [-0.15, -0.1) is 10.2 Å². The Morgan fingerprint density at radius 2 is 1.69 bits per heavy atom. The molecule has 3 heterocycles. The summed E-state index contributed by atoms with van der Waals surface area (Å²) in [5.74, 6) is 2.29. The number of hydrogen-bond donors (Lipinski definition) is 2. The van der Waals surface area contributed by atoms with Crippen LogP contribution in [0, 0.1) is 0 Å². The van der Waals surface area contributed by atoms with Crippen LogP contribution in [-0.2, 0) is 6.54 Å². The molecule has 1 aliphatic heterocycles. The van der Waals surface area contributed by atoms with Gasteiger partial charge in [-0.2, -0.15) is 0 Å². The number of rotatable bonds is 5. The summed E-state index contributed by atoms with van der Waals surface area (Å²) in [6.07, 6.45) is 1.81. The Balaban J connectivity index is 1.67. The minimum Gasteiger partial charge on any atom is -0.493 e. The van der Waals surface area contributed by atoms with Gasteiger partial charge >= 0.3 is 0 Å². The van der Waals surface area contributed by atoms with Crippen molar-refractivity contribution in [1.29, 1.82) is 0 Å². The molecule has 1 fully saturated rings. The fourth-order valence-electron chi connectivity index (χ4n) is 3.73. The van der Waals surface area contributed by atoms with E-state index >= 15 is 0 Å². The lowest BCUT2D eigenvalue weighted by Gasteiger charge is -2.28. The molecule has 0 bridgehead atoms. The van der Waals surface area contributed by atoms with Gasteiger partial charge in [0.2, 0.25) is 0 Å². The van der Waals surface area contributed by atoms with Crippen molar-refractivity contribution >= 4 is 16.6 Å². The van der Waals surface area contributed by atoms with Crippen molar-refractivity contribution in [3.63, 3.8) is 0 Å². The number of ether oxygens (including phenoxy) is 2. The first-order chi connectivity index (χ1) is 12.7. The average molecular weight is 358 g/mol. The number of nitrogens with zero attached hydrogens (tertiary/aromatic N) is 4. The minimum atomic E-state index is 0.664. The van der Waals surface area contributed by atoms with Crippen LogP contribution in [0.25, 0.3) is 16.6 Å². The summed E-state index contributed by atoms with van der Waals surface area (Å²) >= 11 is 0. The van der Waals surface area contributed by atoms with E-state index < -0.39 is 0 Å². The number of benzene rings is 1. The average Bonchev–Trinajstić information content (AvgIpc) is 3.10. The molecule has 1 aromatic carbocycles. The van der Waals surface area contributed by atoms with Crippen molar-refractivity contribution in [2.45, 2.75) is 13.5 Å². The van der Waals surface area contributed by atoms with Gasteiger partial charge in [-0.1, -0.05) is 0 Å². The van der Waals surface area contributed by atoms with E-state index in [-0.39, 0.29) is 0 Å². The van der Waals surface area contributed by atoms with Crippen LogP contribution in [-0.4, -0.2) is 66.5 Å². The van der Waals surface area contributed by atoms with Gasteiger partial charge in [0, 0.05) is 11.5 Å². The van der Waals surface area contributed by atoms with Gasteiger partial charge in [0.25, 0.3) is 0 Å². The van der Waals surface area contributed by atoms with Crippen LogP contribution in [0.15, 0.2) is 18.5 Å². The van der Waals surface area contributed by atoms with Crippen molar-refractivity contribution in [3.05, 3.63) is 24.3 Å². The van der Waals surface area contributed by atoms with Gasteiger partial charge in [-0.25, -0.2) is 4.98 Å². The molecule has 4 rings (SSSR count). The SMILES string of the molecule is CC[NH+]1CC[NH+](Cc2nnc3c4cc(OC)c(OC)cc4ncn23)CC1. The molecule has 0 atom stereocenters. The molecule has 0 amide bonds. The number of likely N-dealkylation sites (N-methyl/N-ethyl adjacent to an activating group) is 1. The highest BCUT2D eigenvalue weighted by atomic mass is 16.5. The zero-order valence-corrected chi connectivity index (χ0v) is 15.6. The zero-order chi connectivity index (χ0) is 18.1. The fourth-order valence-corrected chi connectivity index (χ4v) is 3.73. The van der Waals surface area contributed by atoms with E-state index in [0.717, 1.165) is 28.9 Å². The van der Waals surface area contributed by atoms with Crippen molar-refractivity contribution in [2.24, 2.45) is 0 Å². The molecule has 0 aliphatic carbocycles. The maximum atomic E-state index is 5.43. The number of piperazine rings is 1. The predicted molar refractivity (Wildman–Crippen MR) is 97.0 cm³/mol. The quantitative estimate of drug-likeness (QED) is 0.587. The molecule has 0 spiro atoms. The topological polar surface area (TPSA) is 70.4 Å². The summed E-state index contributed by atoms with van der Waals surface area (Å²) in [7, 11) is 3.26. The van der Waals surface area contributed by atoms with Crippen molar-refractivity contribution in [2.75, 3.05) is 46.9 Å². The summed E-state index contributed by atoms with van der Waals surface area (Å²) in [6.45, 7) is 9.13. The third-order valence-corrected chi connectivity index (χ3v) is 5.39. The first-order valence-electron chi connectivity index (χ1n) is 9.15. The Kier molecular flexibility index (Phi) is 4.60. The van der Waals surface area contributed by atoms with Gasteiger partial charge in [0.1, 0.15) is 39.1 Å². The molecule has 0 saturated carbocycles. The van der Waals surface area contributed by atoms with Crippen LogP contribution < -0.4 is 19.3 Å². The zero-order valence-electron chi connectivity index (χ0n) is 15.6. The number of quaternary nitrogens is 2. The molecule has 1 aliphatic rings. The van der Waals surface area contributed by atoms with Crippen LogP contribution >= 0.6 is 0 Å². The van der Waals surface area contributed by atoms with Gasteiger partial charge in [-0.3, -0.25) is 4.40 Å². The van der Waals surface area contributed by atoms with Crippen LogP contribution in [0.1, 0.15) is 12.7 Å². The van der Waals surface area contributed by atoms with Crippen LogP contribution in [0.3, 0.4) is 0 Å². The number of nitrogens with one attached hydrogen (secondary N) is 2. The second-order valence-corrected chi connectivity index (χ2v) is 6.81. The smallest absolute Gasteiger partial charge is 0.193 e. The Morgan fingerprint density at radius 1 is 1.00 bits per heavy atom. The highest BCUT2D eigenvalue weighted by Gasteiger charge is 2.24. The third-order valence-electron chi connectivity index (χ3n) is 5.39. The van der Waals surface area contributed by atoms with Gasteiger partial charge in [0.05, 0.1) is 26.3 Å².